The molecule has 0 atom stereocenters. The van der Waals surface area contributed by atoms with E-state index in [4.69, 9.17) is 4.74 Å². The minimum atomic E-state index is -0.666. The van der Waals surface area contributed by atoms with Gasteiger partial charge in [0.05, 0.1) is 14.2 Å². The number of methoxy groups -OCH3 is 2. The molecule has 2 rings (SSSR count). The maximum atomic E-state index is 11.7. The fourth-order valence-corrected chi connectivity index (χ4v) is 2.68. The van der Waals surface area contributed by atoms with Gasteiger partial charge in [-0.05, 0) is 18.2 Å². The van der Waals surface area contributed by atoms with Crippen LogP contribution in [0.5, 0.6) is 11.5 Å². The van der Waals surface area contributed by atoms with Crippen molar-refractivity contribution in [1.82, 2.24) is 4.98 Å². The van der Waals surface area contributed by atoms with E-state index in [1.807, 2.05) is 0 Å². The Bertz CT molecular complexity index is 707. The fourth-order valence-electron chi connectivity index (χ4n) is 1.74. The predicted molar refractivity (Wildman–Crippen MR) is 77.1 cm³/mol. The van der Waals surface area contributed by atoms with Crippen LogP contribution < -0.4 is 4.74 Å². The lowest BCUT2D eigenvalue weighted by atomic mass is 10.2. The number of hydrogen-bond acceptors (Lipinski definition) is 7. The molecule has 2 aromatic rings. The molecule has 21 heavy (non-hydrogen) atoms. The van der Waals surface area contributed by atoms with Crippen LogP contribution in [0.1, 0.15) is 27.1 Å². The number of aromatic nitrogens is 1. The smallest absolute Gasteiger partial charge is 0.358 e. The number of ether oxygens (including phenoxy) is 2. The Morgan fingerprint density at radius 1 is 1.29 bits per heavy atom. The highest BCUT2D eigenvalue weighted by Gasteiger charge is 2.22. The number of rotatable bonds is 4. The zero-order valence-electron chi connectivity index (χ0n) is 11.7. The maximum Gasteiger partial charge on any atom is 0.358 e. The number of phenols is 1. The highest BCUT2D eigenvalue weighted by molar-refractivity contribution is 7.17. The third kappa shape index (κ3) is 2.87. The highest BCUT2D eigenvalue weighted by Crippen LogP contribution is 2.34. The SMILES string of the molecule is COC(=O)c1nc(-c2ccc(OC)c(O)c2)sc1C(C)=O. The van der Waals surface area contributed by atoms with Crippen molar-refractivity contribution >= 4 is 23.1 Å². The molecule has 0 aliphatic rings. The Hall–Kier alpha value is -2.41. The molecule has 0 fully saturated rings. The normalized spacial score (nSPS) is 10.2. The van der Waals surface area contributed by atoms with E-state index in [0.717, 1.165) is 11.3 Å². The molecule has 1 aromatic heterocycles. The number of carbonyl (C=O) groups is 2. The number of phenolic OH excluding ortho intramolecular Hbond substituents is 1. The quantitative estimate of drug-likeness (QED) is 0.690. The maximum absolute atomic E-state index is 11.7. The topological polar surface area (TPSA) is 85.7 Å². The third-order valence-electron chi connectivity index (χ3n) is 2.75. The molecule has 110 valence electrons. The van der Waals surface area contributed by atoms with Crippen molar-refractivity contribution in [2.45, 2.75) is 6.92 Å². The summed E-state index contributed by atoms with van der Waals surface area (Å²) in [4.78, 5) is 27.6. The lowest BCUT2D eigenvalue weighted by molar-refractivity contribution is 0.0591. The van der Waals surface area contributed by atoms with Gasteiger partial charge in [-0.2, -0.15) is 0 Å². The molecule has 0 spiro atoms. The minimum absolute atomic E-state index is 0.0136. The van der Waals surface area contributed by atoms with E-state index in [2.05, 4.69) is 9.72 Å². The third-order valence-corrected chi connectivity index (χ3v) is 3.96. The second-order valence-electron chi connectivity index (χ2n) is 4.13. The first-order chi connectivity index (χ1) is 9.97. The molecular weight excluding hydrogens is 294 g/mol. The summed E-state index contributed by atoms with van der Waals surface area (Å²) in [6, 6.07) is 4.72. The summed E-state index contributed by atoms with van der Waals surface area (Å²) in [6.45, 7) is 1.36. The molecule has 0 radical (unpaired) electrons. The van der Waals surface area contributed by atoms with Crippen LogP contribution in [-0.4, -0.2) is 36.1 Å². The van der Waals surface area contributed by atoms with Crippen molar-refractivity contribution in [2.75, 3.05) is 14.2 Å². The molecule has 0 saturated carbocycles. The van der Waals surface area contributed by atoms with Crippen LogP contribution in [-0.2, 0) is 4.74 Å². The van der Waals surface area contributed by atoms with Crippen molar-refractivity contribution in [1.29, 1.82) is 0 Å². The van der Waals surface area contributed by atoms with E-state index in [9.17, 15) is 14.7 Å². The number of nitrogens with zero attached hydrogens (tertiary/aromatic N) is 1. The summed E-state index contributed by atoms with van der Waals surface area (Å²) in [6.07, 6.45) is 0. The van der Waals surface area contributed by atoms with E-state index in [1.54, 1.807) is 12.1 Å². The van der Waals surface area contributed by atoms with Gasteiger partial charge >= 0.3 is 5.97 Å². The summed E-state index contributed by atoms with van der Waals surface area (Å²) in [5.74, 6) is -0.651. The molecule has 0 unspecified atom stereocenters. The fraction of sp³-hybridized carbons (Fsp3) is 0.214. The molecule has 0 bridgehead atoms. The standard InChI is InChI=1S/C14H13NO5S/c1-7(16)12-11(14(18)20-3)15-13(21-12)8-4-5-10(19-2)9(17)6-8/h4-6,17H,1-3H3. The van der Waals surface area contributed by atoms with Crippen molar-refractivity contribution in [3.05, 3.63) is 28.8 Å². The lowest BCUT2D eigenvalue weighted by Gasteiger charge is -2.03. The largest absolute Gasteiger partial charge is 0.504 e. The van der Waals surface area contributed by atoms with Crippen LogP contribution in [0, 0.1) is 0 Å². The van der Waals surface area contributed by atoms with Gasteiger partial charge in [0.2, 0.25) is 0 Å². The number of hydrogen-bond donors (Lipinski definition) is 1. The molecule has 1 heterocycles. The monoisotopic (exact) mass is 307 g/mol. The Morgan fingerprint density at radius 2 is 2.00 bits per heavy atom. The average Bonchev–Trinajstić information content (AvgIpc) is 2.91. The van der Waals surface area contributed by atoms with Crippen LogP contribution in [0.3, 0.4) is 0 Å². The van der Waals surface area contributed by atoms with Crippen LogP contribution in [0.2, 0.25) is 0 Å². The molecule has 0 aliphatic heterocycles. The Kier molecular flexibility index (Phi) is 4.23. The van der Waals surface area contributed by atoms with Gasteiger partial charge < -0.3 is 14.6 Å². The van der Waals surface area contributed by atoms with Crippen molar-refractivity contribution in [3.8, 4) is 22.1 Å². The van der Waals surface area contributed by atoms with Crippen LogP contribution in [0.4, 0.5) is 0 Å². The average molecular weight is 307 g/mol. The first-order valence-electron chi connectivity index (χ1n) is 5.95. The van der Waals surface area contributed by atoms with Gasteiger partial charge in [-0.3, -0.25) is 4.79 Å². The summed E-state index contributed by atoms with van der Waals surface area (Å²) in [7, 11) is 2.67. The Labute approximate surface area is 125 Å². The lowest BCUT2D eigenvalue weighted by Crippen LogP contribution is -2.06. The number of Topliss-reactive ketones (excluding diaryl/α,β-unsaturated/α-hetero) is 1. The van der Waals surface area contributed by atoms with Gasteiger partial charge in [0.1, 0.15) is 9.88 Å². The van der Waals surface area contributed by atoms with E-state index in [1.165, 1.54) is 27.2 Å². The van der Waals surface area contributed by atoms with Gasteiger partial charge in [0.15, 0.2) is 23.0 Å². The number of thiazole rings is 1. The molecular formula is C14H13NO5S. The number of aromatic hydroxyl groups is 1. The van der Waals surface area contributed by atoms with E-state index >= 15 is 0 Å². The molecule has 7 heteroatoms. The summed E-state index contributed by atoms with van der Waals surface area (Å²) >= 11 is 1.07. The van der Waals surface area contributed by atoms with E-state index < -0.39 is 5.97 Å². The van der Waals surface area contributed by atoms with Gasteiger partial charge in [0.25, 0.3) is 0 Å². The van der Waals surface area contributed by atoms with Gasteiger partial charge in [0, 0.05) is 12.5 Å². The summed E-state index contributed by atoms with van der Waals surface area (Å²) in [5, 5.41) is 10.2. The minimum Gasteiger partial charge on any atom is -0.504 e. The Morgan fingerprint density at radius 3 is 2.52 bits per heavy atom. The summed E-state index contributed by atoms with van der Waals surface area (Å²) < 4.78 is 9.58. The number of esters is 1. The number of benzene rings is 1. The van der Waals surface area contributed by atoms with Crippen molar-refractivity contribution in [2.24, 2.45) is 0 Å². The van der Waals surface area contributed by atoms with E-state index in [-0.39, 0.29) is 22.1 Å². The van der Waals surface area contributed by atoms with Gasteiger partial charge in [-0.15, -0.1) is 11.3 Å². The second-order valence-corrected chi connectivity index (χ2v) is 5.13. The van der Waals surface area contributed by atoms with Crippen molar-refractivity contribution < 1.29 is 24.2 Å². The predicted octanol–water partition coefficient (Wildman–Crippen LogP) is 2.51. The molecule has 1 N–H and O–H groups in total. The summed E-state index contributed by atoms with van der Waals surface area (Å²) in [5.41, 5.74) is 0.566. The molecule has 0 saturated heterocycles. The zero-order chi connectivity index (χ0) is 15.6. The van der Waals surface area contributed by atoms with Crippen molar-refractivity contribution in [3.63, 3.8) is 0 Å². The zero-order valence-corrected chi connectivity index (χ0v) is 12.5. The van der Waals surface area contributed by atoms with E-state index in [0.29, 0.717) is 16.3 Å². The first-order valence-corrected chi connectivity index (χ1v) is 6.77. The highest BCUT2D eigenvalue weighted by atomic mass is 32.1. The van der Waals surface area contributed by atoms with Crippen LogP contribution in [0.15, 0.2) is 18.2 Å². The molecule has 6 nitrogen and oxygen atoms in total. The Balaban J connectivity index is 2.52. The molecule has 0 amide bonds. The number of ketones is 1. The van der Waals surface area contributed by atoms with Gasteiger partial charge in [-0.1, -0.05) is 0 Å². The number of carbonyl (C=O) groups excluding carboxylic acids is 2. The van der Waals surface area contributed by atoms with Crippen LogP contribution >= 0.6 is 11.3 Å². The molecule has 1 aromatic carbocycles. The second kappa shape index (κ2) is 5.92. The molecule has 0 aliphatic carbocycles. The van der Waals surface area contributed by atoms with Crippen LogP contribution in [0.25, 0.3) is 10.6 Å². The first kappa shape index (κ1) is 15.0. The van der Waals surface area contributed by atoms with Gasteiger partial charge in [-0.25, -0.2) is 9.78 Å².